The molecule has 108 valence electrons. The molecule has 2 aromatic heterocycles. The Kier molecular flexibility index (Phi) is 3.61. The fraction of sp³-hybridized carbons (Fsp3) is 0.231. The van der Waals surface area contributed by atoms with Crippen LogP contribution in [0.2, 0.25) is 0 Å². The molecule has 3 aromatic rings. The average Bonchev–Trinajstić information content (AvgIpc) is 3.09. The van der Waals surface area contributed by atoms with E-state index in [0.29, 0.717) is 22.7 Å². The molecule has 0 aliphatic carbocycles. The highest BCUT2D eigenvalue weighted by atomic mass is 32.2. The highest BCUT2D eigenvalue weighted by molar-refractivity contribution is 7.98. The van der Waals surface area contributed by atoms with Crippen LogP contribution in [-0.2, 0) is 12.3 Å². The minimum Gasteiger partial charge on any atom is -0.440 e. The molecule has 0 aliphatic heterocycles. The number of imidazole rings is 1. The number of hydrogen-bond acceptors (Lipinski definition) is 6. The Balaban J connectivity index is 1.80. The molecule has 0 saturated carbocycles. The summed E-state index contributed by atoms with van der Waals surface area (Å²) in [6, 6.07) is 4.40. The summed E-state index contributed by atoms with van der Waals surface area (Å²) in [5.74, 6) is 1.06. The molecule has 0 fully saturated rings. The Labute approximate surface area is 124 Å². The number of non-ortho nitro benzene ring substituents is 1. The molecule has 0 atom stereocenters. The number of aromatic nitrogens is 3. The highest BCUT2D eigenvalue weighted by Gasteiger charge is 2.12. The van der Waals surface area contributed by atoms with Gasteiger partial charge in [0.2, 0.25) is 5.89 Å². The number of aryl methyl sites for hydroxylation is 1. The van der Waals surface area contributed by atoms with Gasteiger partial charge in [-0.25, -0.2) is 9.97 Å². The third-order valence-electron chi connectivity index (χ3n) is 2.97. The van der Waals surface area contributed by atoms with Crippen molar-refractivity contribution in [2.24, 2.45) is 0 Å². The third kappa shape index (κ3) is 2.75. The topological polar surface area (TPSA) is 87.0 Å². The lowest BCUT2D eigenvalue weighted by atomic mass is 10.3. The SMILES string of the molecule is CCn1ccnc1SCc1nc2cc([N+](=O)[O-])ccc2o1. The molecule has 8 heteroatoms. The van der Waals surface area contributed by atoms with Crippen LogP contribution in [0, 0.1) is 10.1 Å². The van der Waals surface area contributed by atoms with E-state index in [1.54, 1.807) is 12.3 Å². The molecule has 0 amide bonds. The maximum atomic E-state index is 10.7. The second-order valence-corrected chi connectivity index (χ2v) is 5.24. The Morgan fingerprint density at radius 1 is 1.48 bits per heavy atom. The molecule has 3 rings (SSSR count). The van der Waals surface area contributed by atoms with Gasteiger partial charge < -0.3 is 8.98 Å². The van der Waals surface area contributed by atoms with Gasteiger partial charge >= 0.3 is 0 Å². The molecule has 0 bridgehead atoms. The number of nitro groups is 1. The number of oxazole rings is 1. The van der Waals surface area contributed by atoms with Gasteiger partial charge in [0, 0.05) is 31.1 Å². The highest BCUT2D eigenvalue weighted by Crippen LogP contribution is 2.25. The first kappa shape index (κ1) is 13.6. The van der Waals surface area contributed by atoms with Crippen molar-refractivity contribution in [1.29, 1.82) is 0 Å². The number of thioether (sulfide) groups is 1. The van der Waals surface area contributed by atoms with E-state index < -0.39 is 4.92 Å². The lowest BCUT2D eigenvalue weighted by molar-refractivity contribution is -0.384. The smallest absolute Gasteiger partial charge is 0.271 e. The second-order valence-electron chi connectivity index (χ2n) is 4.30. The van der Waals surface area contributed by atoms with Gasteiger partial charge in [0.1, 0.15) is 5.52 Å². The van der Waals surface area contributed by atoms with Crippen LogP contribution in [0.5, 0.6) is 0 Å². The first-order valence-electron chi connectivity index (χ1n) is 6.35. The fourth-order valence-corrected chi connectivity index (χ4v) is 2.81. The molecule has 0 saturated heterocycles. The van der Waals surface area contributed by atoms with E-state index in [1.807, 2.05) is 17.7 Å². The van der Waals surface area contributed by atoms with E-state index in [4.69, 9.17) is 4.42 Å². The molecule has 7 nitrogen and oxygen atoms in total. The summed E-state index contributed by atoms with van der Waals surface area (Å²) >= 11 is 1.52. The van der Waals surface area contributed by atoms with E-state index in [9.17, 15) is 10.1 Å². The predicted octanol–water partition coefficient (Wildman–Crippen LogP) is 3.24. The Hall–Kier alpha value is -2.35. The molecular weight excluding hydrogens is 292 g/mol. The largest absolute Gasteiger partial charge is 0.440 e. The summed E-state index contributed by atoms with van der Waals surface area (Å²) in [6.45, 7) is 2.90. The number of benzene rings is 1. The number of nitrogens with zero attached hydrogens (tertiary/aromatic N) is 4. The van der Waals surface area contributed by atoms with Gasteiger partial charge in [-0.2, -0.15) is 0 Å². The lowest BCUT2D eigenvalue weighted by Crippen LogP contribution is -1.94. The van der Waals surface area contributed by atoms with Crippen LogP contribution in [0.4, 0.5) is 5.69 Å². The normalized spacial score (nSPS) is 11.1. The minimum absolute atomic E-state index is 0.0107. The fourth-order valence-electron chi connectivity index (χ4n) is 1.94. The Morgan fingerprint density at radius 2 is 2.33 bits per heavy atom. The number of nitro benzene ring substituents is 1. The summed E-state index contributed by atoms with van der Waals surface area (Å²) < 4.78 is 7.61. The summed E-state index contributed by atoms with van der Waals surface area (Å²) in [6.07, 6.45) is 3.67. The third-order valence-corrected chi connectivity index (χ3v) is 3.96. The molecule has 1 aromatic carbocycles. The Morgan fingerprint density at radius 3 is 3.10 bits per heavy atom. The van der Waals surface area contributed by atoms with Crippen molar-refractivity contribution in [3.63, 3.8) is 0 Å². The van der Waals surface area contributed by atoms with Crippen LogP contribution in [0.1, 0.15) is 12.8 Å². The second kappa shape index (κ2) is 5.57. The molecule has 2 heterocycles. The van der Waals surface area contributed by atoms with E-state index in [-0.39, 0.29) is 5.69 Å². The zero-order valence-corrected chi connectivity index (χ0v) is 12.0. The van der Waals surface area contributed by atoms with Gasteiger partial charge in [-0.3, -0.25) is 10.1 Å². The van der Waals surface area contributed by atoms with E-state index in [2.05, 4.69) is 9.97 Å². The van der Waals surface area contributed by atoms with Crippen molar-refractivity contribution in [2.45, 2.75) is 24.4 Å². The average molecular weight is 304 g/mol. The monoisotopic (exact) mass is 304 g/mol. The summed E-state index contributed by atoms with van der Waals surface area (Å²) in [4.78, 5) is 18.8. The van der Waals surface area contributed by atoms with E-state index in [1.165, 1.54) is 23.9 Å². The molecule has 21 heavy (non-hydrogen) atoms. The zero-order valence-electron chi connectivity index (χ0n) is 11.2. The van der Waals surface area contributed by atoms with Crippen molar-refractivity contribution in [3.05, 3.63) is 46.6 Å². The van der Waals surface area contributed by atoms with Crippen molar-refractivity contribution in [2.75, 3.05) is 0 Å². The standard InChI is InChI=1S/C13H12N4O3S/c1-2-16-6-5-14-13(16)21-8-12-15-10-7-9(17(18)19)3-4-11(10)20-12/h3-7H,2,8H2,1H3. The van der Waals surface area contributed by atoms with Crippen LogP contribution in [0.15, 0.2) is 40.2 Å². The van der Waals surface area contributed by atoms with Crippen molar-refractivity contribution in [1.82, 2.24) is 14.5 Å². The molecule has 0 radical (unpaired) electrons. The molecule has 0 spiro atoms. The van der Waals surface area contributed by atoms with Crippen molar-refractivity contribution in [3.8, 4) is 0 Å². The van der Waals surface area contributed by atoms with Crippen LogP contribution in [0.3, 0.4) is 0 Å². The maximum absolute atomic E-state index is 10.7. The summed E-state index contributed by atoms with van der Waals surface area (Å²) in [5.41, 5.74) is 1.06. The van der Waals surface area contributed by atoms with Gasteiger partial charge in [0.15, 0.2) is 10.7 Å². The van der Waals surface area contributed by atoms with Crippen LogP contribution < -0.4 is 0 Å². The zero-order chi connectivity index (χ0) is 14.8. The van der Waals surface area contributed by atoms with Crippen molar-refractivity contribution >= 4 is 28.5 Å². The lowest BCUT2D eigenvalue weighted by Gasteiger charge is -2.01. The number of hydrogen-bond donors (Lipinski definition) is 0. The Bertz CT molecular complexity index is 796. The number of rotatable bonds is 5. The van der Waals surface area contributed by atoms with Crippen LogP contribution in [0.25, 0.3) is 11.1 Å². The van der Waals surface area contributed by atoms with Gasteiger partial charge in [0.05, 0.1) is 10.7 Å². The van der Waals surface area contributed by atoms with Crippen LogP contribution >= 0.6 is 11.8 Å². The van der Waals surface area contributed by atoms with Crippen molar-refractivity contribution < 1.29 is 9.34 Å². The quantitative estimate of drug-likeness (QED) is 0.408. The molecule has 0 unspecified atom stereocenters. The van der Waals surface area contributed by atoms with E-state index in [0.717, 1.165) is 11.7 Å². The summed E-state index contributed by atoms with van der Waals surface area (Å²) in [7, 11) is 0. The van der Waals surface area contributed by atoms with Gasteiger partial charge in [-0.05, 0) is 13.0 Å². The van der Waals surface area contributed by atoms with Gasteiger partial charge in [-0.15, -0.1) is 0 Å². The first-order chi connectivity index (χ1) is 10.2. The molecule has 0 aliphatic rings. The summed E-state index contributed by atoms with van der Waals surface area (Å²) in [5, 5.41) is 11.6. The maximum Gasteiger partial charge on any atom is 0.271 e. The predicted molar refractivity (Wildman–Crippen MR) is 78.1 cm³/mol. The van der Waals surface area contributed by atoms with Gasteiger partial charge in [-0.1, -0.05) is 11.8 Å². The molecule has 0 N–H and O–H groups in total. The number of fused-ring (bicyclic) bond motifs is 1. The van der Waals surface area contributed by atoms with Gasteiger partial charge in [0.25, 0.3) is 5.69 Å². The minimum atomic E-state index is -0.444. The first-order valence-corrected chi connectivity index (χ1v) is 7.33. The van der Waals surface area contributed by atoms with Crippen LogP contribution in [-0.4, -0.2) is 19.5 Å². The van der Waals surface area contributed by atoms with E-state index >= 15 is 0 Å². The molecular formula is C13H12N4O3S.